The van der Waals surface area contributed by atoms with E-state index in [4.69, 9.17) is 0 Å². The van der Waals surface area contributed by atoms with Gasteiger partial charge in [0.1, 0.15) is 11.6 Å². The molecule has 4 rings (SSSR count). The maximum atomic E-state index is 14.8. The molecule has 2 heterocycles. The minimum atomic E-state index is -0.976. The van der Waals surface area contributed by atoms with Crippen LogP contribution < -0.4 is 10.6 Å². The van der Waals surface area contributed by atoms with E-state index >= 15 is 0 Å². The van der Waals surface area contributed by atoms with Gasteiger partial charge in [-0.2, -0.15) is 5.10 Å². The van der Waals surface area contributed by atoms with Crippen LogP contribution in [-0.2, 0) is 7.05 Å². The van der Waals surface area contributed by atoms with Gasteiger partial charge < -0.3 is 10.6 Å². The lowest BCUT2D eigenvalue weighted by molar-refractivity contribution is 0.0920. The third-order valence-corrected chi connectivity index (χ3v) is 6.20. The average molecular weight is 511 g/mol. The molecule has 0 radical (unpaired) electrons. The van der Waals surface area contributed by atoms with Crippen molar-refractivity contribution >= 4 is 21.8 Å². The van der Waals surface area contributed by atoms with Crippen LogP contribution in [0.4, 0.5) is 17.6 Å². The van der Waals surface area contributed by atoms with Gasteiger partial charge >= 0.3 is 0 Å². The topological polar surface area (TPSA) is 59.0 Å². The predicted molar refractivity (Wildman–Crippen MR) is 114 cm³/mol. The number of hydrogen-bond donors (Lipinski definition) is 2. The van der Waals surface area contributed by atoms with E-state index in [1.54, 1.807) is 7.05 Å². The summed E-state index contributed by atoms with van der Waals surface area (Å²) >= 11 is 3.26. The first kappa shape index (κ1) is 22.5. The zero-order chi connectivity index (χ0) is 23.0. The van der Waals surface area contributed by atoms with Crippen LogP contribution in [0.3, 0.4) is 0 Å². The Kier molecular flexibility index (Phi) is 6.34. The quantitative estimate of drug-likeness (QED) is 0.515. The number of halogens is 5. The summed E-state index contributed by atoms with van der Waals surface area (Å²) in [6.45, 7) is 0.965. The van der Waals surface area contributed by atoms with Crippen molar-refractivity contribution < 1.29 is 22.4 Å². The van der Waals surface area contributed by atoms with Crippen molar-refractivity contribution in [3.05, 3.63) is 75.4 Å². The molecule has 1 fully saturated rings. The molecule has 1 aromatic heterocycles. The number of nitrogens with one attached hydrogen (secondary N) is 2. The van der Waals surface area contributed by atoms with Crippen molar-refractivity contribution in [1.82, 2.24) is 20.4 Å². The van der Waals surface area contributed by atoms with Gasteiger partial charge in [-0.3, -0.25) is 9.48 Å². The highest BCUT2D eigenvalue weighted by atomic mass is 79.9. The van der Waals surface area contributed by atoms with Gasteiger partial charge in [-0.05, 0) is 58.7 Å². The lowest BCUT2D eigenvalue weighted by Gasteiger charge is -2.33. The van der Waals surface area contributed by atoms with Gasteiger partial charge in [-0.1, -0.05) is 6.07 Å². The Hall–Kier alpha value is -2.72. The van der Waals surface area contributed by atoms with Gasteiger partial charge in [0, 0.05) is 31.1 Å². The second-order valence-corrected chi connectivity index (χ2v) is 8.48. The van der Waals surface area contributed by atoms with Crippen LogP contribution in [0.5, 0.6) is 0 Å². The van der Waals surface area contributed by atoms with Crippen LogP contribution in [0.1, 0.15) is 28.3 Å². The van der Waals surface area contributed by atoms with Gasteiger partial charge in [-0.15, -0.1) is 0 Å². The number of hydrogen-bond acceptors (Lipinski definition) is 3. The molecule has 1 saturated heterocycles. The van der Waals surface area contributed by atoms with Crippen LogP contribution in [-0.4, -0.2) is 34.8 Å². The van der Waals surface area contributed by atoms with E-state index < -0.39 is 40.8 Å². The van der Waals surface area contributed by atoms with Gasteiger partial charge in [-0.25, -0.2) is 17.6 Å². The smallest absolute Gasteiger partial charge is 0.254 e. The van der Waals surface area contributed by atoms with Crippen LogP contribution in [0, 0.1) is 23.3 Å². The molecule has 5 nitrogen and oxygen atoms in total. The van der Waals surface area contributed by atoms with E-state index in [0.29, 0.717) is 35.2 Å². The zero-order valence-electron chi connectivity index (χ0n) is 16.9. The molecule has 0 unspecified atom stereocenters. The monoisotopic (exact) mass is 510 g/mol. The normalized spacial score (nSPS) is 18.6. The van der Waals surface area contributed by atoms with E-state index in [2.05, 4.69) is 31.7 Å². The van der Waals surface area contributed by atoms with E-state index in [0.717, 1.165) is 24.3 Å². The number of aryl methyl sites for hydroxylation is 1. The zero-order valence-corrected chi connectivity index (χ0v) is 18.5. The van der Waals surface area contributed by atoms with Gasteiger partial charge in [0.2, 0.25) is 0 Å². The van der Waals surface area contributed by atoms with Crippen LogP contribution in [0.25, 0.3) is 11.3 Å². The number of carbonyl (C=O) groups excluding carboxylic acids is 1. The highest BCUT2D eigenvalue weighted by Gasteiger charge is 2.30. The minimum absolute atomic E-state index is 0.0371. The van der Waals surface area contributed by atoms with Gasteiger partial charge in [0.15, 0.2) is 11.6 Å². The Balaban J connectivity index is 1.60. The van der Waals surface area contributed by atoms with E-state index in [9.17, 15) is 22.4 Å². The molecular formula is C22H19BrF4N4O. The van der Waals surface area contributed by atoms with Crippen LogP contribution in [0.15, 0.2) is 41.0 Å². The highest BCUT2D eigenvalue weighted by Crippen LogP contribution is 2.32. The molecule has 0 aliphatic carbocycles. The summed E-state index contributed by atoms with van der Waals surface area (Å²) in [4.78, 5) is 12.8. The Morgan fingerprint density at radius 1 is 1.12 bits per heavy atom. The highest BCUT2D eigenvalue weighted by molar-refractivity contribution is 9.10. The lowest BCUT2D eigenvalue weighted by atomic mass is 9.85. The standard InChI is InChI=1S/C22H19BrF4N4O/c1-31-21(15(23)9-29-31)13-7-18(26)14(8-17(13)25)22(32)30-20-10-28-5-4-12(20)11-2-3-16(24)19(27)6-11/h2-3,6-9,12,20,28H,4-5,10H2,1H3,(H,30,32)/t12-,20+/m0/s1. The van der Waals surface area contributed by atoms with Crippen LogP contribution in [0.2, 0.25) is 0 Å². The molecule has 2 atom stereocenters. The molecule has 2 N–H and O–H groups in total. The molecular weight excluding hydrogens is 492 g/mol. The van der Waals surface area contributed by atoms with Crippen molar-refractivity contribution in [3.63, 3.8) is 0 Å². The fourth-order valence-corrected chi connectivity index (χ4v) is 4.58. The number of aromatic nitrogens is 2. The third kappa shape index (κ3) is 4.29. The third-order valence-electron chi connectivity index (χ3n) is 5.62. The van der Waals surface area contributed by atoms with Gasteiger partial charge in [0.05, 0.1) is 21.9 Å². The number of rotatable bonds is 4. The Morgan fingerprint density at radius 2 is 1.91 bits per heavy atom. The molecule has 0 saturated carbocycles. The molecule has 32 heavy (non-hydrogen) atoms. The number of amides is 1. The van der Waals surface area contributed by atoms with E-state index in [1.807, 2.05) is 0 Å². The summed E-state index contributed by atoms with van der Waals surface area (Å²) in [5.74, 6) is -4.71. The number of piperidine rings is 1. The van der Waals surface area contributed by atoms with Crippen LogP contribution >= 0.6 is 15.9 Å². The lowest BCUT2D eigenvalue weighted by Crippen LogP contribution is -2.50. The number of nitrogens with zero attached hydrogens (tertiary/aromatic N) is 2. The summed E-state index contributed by atoms with van der Waals surface area (Å²) in [5, 5.41) is 9.82. The fourth-order valence-electron chi connectivity index (χ4n) is 4.01. The van der Waals surface area contributed by atoms with E-state index in [-0.39, 0.29) is 11.5 Å². The summed E-state index contributed by atoms with van der Waals surface area (Å²) in [6, 6.07) is 4.89. The summed E-state index contributed by atoms with van der Waals surface area (Å²) < 4.78 is 58.6. The second-order valence-electron chi connectivity index (χ2n) is 7.63. The first-order valence-electron chi connectivity index (χ1n) is 9.89. The minimum Gasteiger partial charge on any atom is -0.347 e. The van der Waals surface area contributed by atoms with Crippen molar-refractivity contribution in [2.45, 2.75) is 18.4 Å². The summed E-state index contributed by atoms with van der Waals surface area (Å²) in [6.07, 6.45) is 2.02. The second kappa shape index (κ2) is 9.03. The Labute approximate surface area is 189 Å². The molecule has 168 valence electrons. The van der Waals surface area contributed by atoms with Crippen molar-refractivity contribution in [2.75, 3.05) is 13.1 Å². The van der Waals surface area contributed by atoms with E-state index in [1.165, 1.54) is 16.9 Å². The summed E-state index contributed by atoms with van der Waals surface area (Å²) in [7, 11) is 1.59. The fraction of sp³-hybridized carbons (Fsp3) is 0.273. The largest absolute Gasteiger partial charge is 0.347 e. The summed E-state index contributed by atoms with van der Waals surface area (Å²) in [5.41, 5.74) is 0.381. The first-order chi connectivity index (χ1) is 15.3. The Bertz CT molecular complexity index is 1160. The predicted octanol–water partition coefficient (Wildman–Crippen LogP) is 4.28. The molecule has 10 heteroatoms. The first-order valence-corrected chi connectivity index (χ1v) is 10.7. The number of carbonyl (C=O) groups is 1. The molecule has 1 amide bonds. The molecule has 1 aliphatic rings. The molecule has 2 aromatic carbocycles. The van der Waals surface area contributed by atoms with Gasteiger partial charge in [0.25, 0.3) is 5.91 Å². The average Bonchev–Trinajstić information content (AvgIpc) is 3.09. The molecule has 1 aliphatic heterocycles. The SMILES string of the molecule is Cn1ncc(Br)c1-c1cc(F)c(C(=O)N[C@@H]2CNCC[C@H]2c2ccc(F)c(F)c2)cc1F. The molecule has 0 spiro atoms. The molecule has 0 bridgehead atoms. The maximum Gasteiger partial charge on any atom is 0.254 e. The number of benzene rings is 2. The van der Waals surface area contributed by atoms with Crippen molar-refractivity contribution in [3.8, 4) is 11.3 Å². The molecule has 3 aromatic rings. The van der Waals surface area contributed by atoms with Crippen molar-refractivity contribution in [1.29, 1.82) is 0 Å². The maximum absolute atomic E-state index is 14.8. The van der Waals surface area contributed by atoms with Crippen molar-refractivity contribution in [2.24, 2.45) is 7.05 Å². The Morgan fingerprint density at radius 3 is 2.59 bits per heavy atom.